The van der Waals surface area contributed by atoms with Crippen LogP contribution in [0.5, 0.6) is 0 Å². The maximum atomic E-state index is 6.45. The maximum Gasteiger partial charge on any atom is 0.241 e. The van der Waals surface area contributed by atoms with Gasteiger partial charge in [0.1, 0.15) is 0 Å². The van der Waals surface area contributed by atoms with E-state index in [0.717, 1.165) is 12.8 Å². The van der Waals surface area contributed by atoms with Gasteiger partial charge >= 0.3 is 0 Å². The van der Waals surface area contributed by atoms with Crippen molar-refractivity contribution >= 4 is 8.32 Å². The van der Waals surface area contributed by atoms with Crippen molar-refractivity contribution in [1.29, 1.82) is 0 Å². The first-order valence-corrected chi connectivity index (χ1v) is 11.2. The Morgan fingerprint density at radius 3 is 2.58 bits per heavy atom. The molecule has 2 rings (SSSR count). The van der Waals surface area contributed by atoms with Crippen LogP contribution in [0.25, 0.3) is 0 Å². The molecule has 1 saturated carbocycles. The fourth-order valence-corrected chi connectivity index (χ4v) is 5.15. The summed E-state index contributed by atoms with van der Waals surface area (Å²) in [5, 5.41) is 0. The van der Waals surface area contributed by atoms with Crippen LogP contribution < -0.4 is 0 Å². The van der Waals surface area contributed by atoms with E-state index in [4.69, 9.17) is 4.43 Å². The van der Waals surface area contributed by atoms with Gasteiger partial charge in [-0.15, -0.1) is 6.58 Å². The molecule has 2 aliphatic carbocycles. The molecular weight excluding hydrogens is 248 g/mol. The van der Waals surface area contributed by atoms with Crippen molar-refractivity contribution in [3.05, 3.63) is 24.0 Å². The zero-order chi connectivity index (χ0) is 14.3. The Hall–Kier alpha value is -0.503. The molecule has 1 nitrogen and oxygen atoms in total. The molecule has 0 bridgehead atoms. The highest BCUT2D eigenvalue weighted by Crippen LogP contribution is 2.65. The van der Waals surface area contributed by atoms with E-state index in [9.17, 15) is 0 Å². The Bertz CT molecular complexity index is 400. The fraction of sp³-hybridized carbons (Fsp3) is 0.765. The van der Waals surface area contributed by atoms with Crippen LogP contribution in [0.1, 0.15) is 52.4 Å². The van der Waals surface area contributed by atoms with Crippen molar-refractivity contribution in [3.63, 3.8) is 0 Å². The molecule has 0 N–H and O–H groups in total. The van der Waals surface area contributed by atoms with Gasteiger partial charge in [0.25, 0.3) is 0 Å². The first-order valence-electron chi connectivity index (χ1n) is 7.74. The number of allylic oxidation sites excluding steroid dienone is 3. The average molecular weight is 279 g/mol. The highest BCUT2D eigenvalue weighted by atomic mass is 28.4. The minimum absolute atomic E-state index is 0.358. The Kier molecular flexibility index (Phi) is 3.76. The maximum absolute atomic E-state index is 6.45. The third-order valence-corrected chi connectivity index (χ3v) is 5.91. The van der Waals surface area contributed by atoms with Crippen LogP contribution in [-0.2, 0) is 4.43 Å². The summed E-state index contributed by atoms with van der Waals surface area (Å²) in [6.45, 7) is 15.7. The van der Waals surface area contributed by atoms with Crippen LogP contribution in [0.15, 0.2) is 24.0 Å². The molecule has 2 aliphatic rings. The smallest absolute Gasteiger partial charge is 0.241 e. The molecule has 2 heteroatoms. The summed E-state index contributed by atoms with van der Waals surface area (Å²) in [5.74, 6) is 1.37. The average Bonchev–Trinajstić information content (AvgIpc) is 2.74. The molecule has 0 radical (unpaired) electrons. The predicted octanol–water partition coefficient (Wildman–Crippen LogP) is 5.66. The van der Waals surface area contributed by atoms with Gasteiger partial charge in [0, 0.05) is 11.8 Å². The minimum atomic E-state index is -1.49. The zero-order valence-electron chi connectivity index (χ0n) is 13.4. The summed E-state index contributed by atoms with van der Waals surface area (Å²) in [6.07, 6.45) is 9.57. The molecule has 0 amide bonds. The minimum Gasteiger partial charge on any atom is -0.547 e. The van der Waals surface area contributed by atoms with Gasteiger partial charge in [0.15, 0.2) is 0 Å². The second kappa shape index (κ2) is 4.80. The summed E-state index contributed by atoms with van der Waals surface area (Å²) in [5.41, 5.74) is 2.43. The summed E-state index contributed by atoms with van der Waals surface area (Å²) < 4.78 is 6.45. The normalized spacial score (nSPS) is 29.5. The van der Waals surface area contributed by atoms with Gasteiger partial charge < -0.3 is 4.43 Å². The lowest BCUT2D eigenvalue weighted by Gasteiger charge is -2.40. The molecular formula is C17H30OSi. The van der Waals surface area contributed by atoms with Crippen molar-refractivity contribution in [2.75, 3.05) is 0 Å². The van der Waals surface area contributed by atoms with Gasteiger partial charge in [0.05, 0.1) is 5.76 Å². The van der Waals surface area contributed by atoms with E-state index in [1.165, 1.54) is 31.4 Å². The predicted molar refractivity (Wildman–Crippen MR) is 85.6 cm³/mol. The van der Waals surface area contributed by atoms with E-state index in [2.05, 4.69) is 46.1 Å². The lowest BCUT2D eigenvalue weighted by molar-refractivity contribution is 0.123. The highest BCUT2D eigenvalue weighted by molar-refractivity contribution is 6.70. The van der Waals surface area contributed by atoms with Gasteiger partial charge in [-0.05, 0) is 62.7 Å². The first kappa shape index (κ1) is 14.9. The van der Waals surface area contributed by atoms with E-state index in [1.54, 1.807) is 5.57 Å². The first-order chi connectivity index (χ1) is 8.72. The van der Waals surface area contributed by atoms with Crippen molar-refractivity contribution in [2.45, 2.75) is 72.0 Å². The van der Waals surface area contributed by atoms with Crippen LogP contribution >= 0.6 is 0 Å². The summed E-state index contributed by atoms with van der Waals surface area (Å²) in [7, 11) is -1.49. The Labute approximate surface area is 120 Å². The molecule has 108 valence electrons. The van der Waals surface area contributed by atoms with Crippen LogP contribution in [-0.4, -0.2) is 8.32 Å². The molecule has 19 heavy (non-hydrogen) atoms. The van der Waals surface area contributed by atoms with Crippen molar-refractivity contribution in [1.82, 2.24) is 0 Å². The molecule has 0 aliphatic heterocycles. The van der Waals surface area contributed by atoms with Crippen molar-refractivity contribution < 1.29 is 4.43 Å². The molecule has 0 aromatic rings. The van der Waals surface area contributed by atoms with E-state index >= 15 is 0 Å². The second-order valence-corrected chi connectivity index (χ2v) is 12.4. The standard InChI is InChI=1S/C17H30OSi/c1-7-8-11-17-12-9-10-14(17)15(13-16(17,2)3)18-19(4,5)6/h7H,1,8-13H2,2-6H3. The molecule has 0 spiro atoms. The number of hydrogen-bond donors (Lipinski definition) is 0. The van der Waals surface area contributed by atoms with Gasteiger partial charge in [0.2, 0.25) is 8.32 Å². The third-order valence-electron chi connectivity index (χ3n) is 5.05. The number of fused-ring (bicyclic) bond motifs is 1. The van der Waals surface area contributed by atoms with Gasteiger partial charge in [-0.2, -0.15) is 0 Å². The van der Waals surface area contributed by atoms with E-state index in [0.29, 0.717) is 10.8 Å². The summed E-state index contributed by atoms with van der Waals surface area (Å²) >= 11 is 0. The third kappa shape index (κ3) is 2.56. The van der Waals surface area contributed by atoms with Crippen molar-refractivity contribution in [2.24, 2.45) is 10.8 Å². The molecule has 0 aromatic carbocycles. The number of hydrogen-bond acceptors (Lipinski definition) is 1. The van der Waals surface area contributed by atoms with Crippen LogP contribution in [0.2, 0.25) is 19.6 Å². The zero-order valence-corrected chi connectivity index (χ0v) is 14.4. The Morgan fingerprint density at radius 1 is 1.32 bits per heavy atom. The van der Waals surface area contributed by atoms with Crippen molar-refractivity contribution in [3.8, 4) is 0 Å². The van der Waals surface area contributed by atoms with E-state index in [-0.39, 0.29) is 0 Å². The lowest BCUT2D eigenvalue weighted by atomic mass is 9.63. The molecule has 1 atom stereocenters. The number of rotatable bonds is 5. The largest absolute Gasteiger partial charge is 0.547 e. The fourth-order valence-electron chi connectivity index (χ4n) is 4.22. The quantitative estimate of drug-likeness (QED) is 0.466. The van der Waals surface area contributed by atoms with E-state index < -0.39 is 8.32 Å². The second-order valence-electron chi connectivity index (χ2n) is 7.94. The SMILES string of the molecule is C=CCCC12CCCC1=C(O[Si](C)(C)C)CC2(C)C. The van der Waals surface area contributed by atoms with Gasteiger partial charge in [-0.25, -0.2) is 0 Å². The van der Waals surface area contributed by atoms with Gasteiger partial charge in [-0.3, -0.25) is 0 Å². The van der Waals surface area contributed by atoms with Crippen LogP contribution in [0.3, 0.4) is 0 Å². The Morgan fingerprint density at radius 2 is 2.00 bits per heavy atom. The summed E-state index contributed by atoms with van der Waals surface area (Å²) in [4.78, 5) is 0. The monoisotopic (exact) mass is 278 g/mol. The van der Waals surface area contributed by atoms with Crippen LogP contribution in [0.4, 0.5) is 0 Å². The summed E-state index contributed by atoms with van der Waals surface area (Å²) in [6, 6.07) is 0. The molecule has 1 unspecified atom stereocenters. The van der Waals surface area contributed by atoms with Gasteiger partial charge in [-0.1, -0.05) is 19.9 Å². The molecule has 1 fully saturated rings. The molecule has 0 heterocycles. The Balaban J connectivity index is 2.35. The van der Waals surface area contributed by atoms with E-state index in [1.807, 2.05) is 0 Å². The van der Waals surface area contributed by atoms with Crippen LogP contribution in [0, 0.1) is 10.8 Å². The topological polar surface area (TPSA) is 9.23 Å². The molecule has 0 aromatic heterocycles. The molecule has 0 saturated heterocycles. The highest BCUT2D eigenvalue weighted by Gasteiger charge is 2.55. The lowest BCUT2D eigenvalue weighted by Crippen LogP contribution is -2.32.